The summed E-state index contributed by atoms with van der Waals surface area (Å²) in [5.74, 6) is -0.0198. The van der Waals surface area contributed by atoms with Gasteiger partial charge in [0.2, 0.25) is 0 Å². The second kappa shape index (κ2) is 3.58. The van der Waals surface area contributed by atoms with Gasteiger partial charge in [0.1, 0.15) is 0 Å². The molecule has 0 spiro atoms. The number of hydrogen-bond acceptors (Lipinski definition) is 0. The van der Waals surface area contributed by atoms with E-state index < -0.39 is 11.7 Å². The smallest absolute Gasteiger partial charge is 0.166 e. The van der Waals surface area contributed by atoms with E-state index in [4.69, 9.17) is 11.6 Å². The first-order valence-corrected chi connectivity index (χ1v) is 4.12. The number of hydrogen-bond donors (Lipinski definition) is 0. The van der Waals surface area contributed by atoms with Crippen molar-refractivity contribution in [3.8, 4) is 0 Å². The first kappa shape index (κ1) is 10.4. The summed E-state index contributed by atoms with van der Waals surface area (Å²) in [6.45, 7) is 1.79. The van der Waals surface area contributed by atoms with Gasteiger partial charge >= 0.3 is 6.18 Å². The van der Waals surface area contributed by atoms with Crippen molar-refractivity contribution >= 4 is 11.6 Å². The molecule has 0 nitrogen and oxygen atoms in total. The SMILES string of the molecule is CC1C=CC(Cl)=C(C(F)(F)F)C=C1. The van der Waals surface area contributed by atoms with Crippen molar-refractivity contribution in [3.63, 3.8) is 0 Å². The van der Waals surface area contributed by atoms with E-state index in [1.54, 1.807) is 13.0 Å². The zero-order valence-electron chi connectivity index (χ0n) is 6.90. The van der Waals surface area contributed by atoms with Gasteiger partial charge in [-0.05, 0) is 12.0 Å². The Morgan fingerprint density at radius 3 is 2.31 bits per heavy atom. The highest BCUT2D eigenvalue weighted by atomic mass is 35.5. The molecule has 0 amide bonds. The summed E-state index contributed by atoms with van der Waals surface area (Å²) in [6.07, 6.45) is 1.02. The highest BCUT2D eigenvalue weighted by Gasteiger charge is 2.34. The number of alkyl halides is 3. The predicted molar refractivity (Wildman–Crippen MR) is 46.4 cm³/mol. The second-order valence-corrected chi connectivity index (χ2v) is 3.24. The predicted octanol–water partition coefficient (Wildman–Crippen LogP) is 3.80. The number of allylic oxidation sites excluding steroid dienone is 6. The molecule has 0 bridgehead atoms. The molecule has 0 saturated carbocycles. The molecule has 0 aromatic heterocycles. The molecule has 0 aliphatic heterocycles. The molecule has 0 fully saturated rings. The van der Waals surface area contributed by atoms with E-state index in [0.29, 0.717) is 0 Å². The maximum absolute atomic E-state index is 12.3. The van der Waals surface area contributed by atoms with Crippen LogP contribution in [-0.2, 0) is 0 Å². The van der Waals surface area contributed by atoms with Crippen LogP contribution < -0.4 is 0 Å². The fourth-order valence-electron chi connectivity index (χ4n) is 0.948. The van der Waals surface area contributed by atoms with Crippen LogP contribution in [-0.4, -0.2) is 6.18 Å². The molecule has 0 radical (unpaired) electrons. The summed E-state index contributed by atoms with van der Waals surface area (Å²) in [6, 6.07) is 0. The van der Waals surface area contributed by atoms with Crippen molar-refractivity contribution in [2.24, 2.45) is 5.92 Å². The molecule has 1 aliphatic rings. The normalized spacial score (nSPS) is 23.6. The lowest BCUT2D eigenvalue weighted by Crippen LogP contribution is -2.10. The molecule has 0 heterocycles. The molecule has 0 saturated heterocycles. The van der Waals surface area contributed by atoms with Gasteiger partial charge in [0.05, 0.1) is 10.6 Å². The summed E-state index contributed by atoms with van der Waals surface area (Å²) in [4.78, 5) is 0. The largest absolute Gasteiger partial charge is 0.417 e. The first-order valence-electron chi connectivity index (χ1n) is 3.74. The molecule has 0 N–H and O–H groups in total. The average Bonchev–Trinajstić information content (AvgIpc) is 2.12. The van der Waals surface area contributed by atoms with E-state index in [9.17, 15) is 13.2 Å². The molecule has 13 heavy (non-hydrogen) atoms. The summed E-state index contributed by atoms with van der Waals surface area (Å²) >= 11 is 5.46. The molecule has 4 heteroatoms. The van der Waals surface area contributed by atoms with Crippen LogP contribution in [0.1, 0.15) is 6.92 Å². The fraction of sp³-hybridized carbons (Fsp3) is 0.333. The summed E-state index contributed by atoms with van der Waals surface area (Å²) in [5.41, 5.74) is -0.783. The third kappa shape index (κ3) is 2.62. The highest BCUT2D eigenvalue weighted by molar-refractivity contribution is 6.31. The van der Waals surface area contributed by atoms with Gasteiger partial charge in [0.15, 0.2) is 0 Å². The van der Waals surface area contributed by atoms with Crippen LogP contribution in [0.4, 0.5) is 13.2 Å². The van der Waals surface area contributed by atoms with Crippen LogP contribution >= 0.6 is 11.6 Å². The summed E-state index contributed by atoms with van der Waals surface area (Å²) in [5, 5.41) is -0.256. The molecule has 1 rings (SSSR count). The van der Waals surface area contributed by atoms with Gasteiger partial charge in [-0.1, -0.05) is 36.8 Å². The molecular weight excluding hydrogens is 201 g/mol. The second-order valence-electron chi connectivity index (χ2n) is 2.84. The molecule has 72 valence electrons. The lowest BCUT2D eigenvalue weighted by Gasteiger charge is -2.07. The van der Waals surface area contributed by atoms with Gasteiger partial charge in [-0.15, -0.1) is 0 Å². The minimum Gasteiger partial charge on any atom is -0.166 e. The quantitative estimate of drug-likeness (QED) is 0.568. The Morgan fingerprint density at radius 1 is 1.23 bits per heavy atom. The Labute approximate surface area is 79.4 Å². The van der Waals surface area contributed by atoms with Gasteiger partial charge < -0.3 is 0 Å². The van der Waals surface area contributed by atoms with Gasteiger partial charge in [0.25, 0.3) is 0 Å². The molecule has 0 aromatic rings. The minimum absolute atomic E-state index is 0.0198. The Balaban J connectivity index is 3.08. The van der Waals surface area contributed by atoms with Gasteiger partial charge in [-0.2, -0.15) is 13.2 Å². The van der Waals surface area contributed by atoms with Crippen LogP contribution in [0.5, 0.6) is 0 Å². The van der Waals surface area contributed by atoms with Crippen LogP contribution in [0, 0.1) is 5.92 Å². The summed E-state index contributed by atoms with van der Waals surface area (Å²) < 4.78 is 36.8. The third-order valence-electron chi connectivity index (χ3n) is 1.68. The highest BCUT2D eigenvalue weighted by Crippen LogP contribution is 2.33. The van der Waals surface area contributed by atoms with E-state index in [2.05, 4.69) is 0 Å². The van der Waals surface area contributed by atoms with Crippen LogP contribution in [0.15, 0.2) is 34.9 Å². The van der Waals surface area contributed by atoms with Crippen LogP contribution in [0.25, 0.3) is 0 Å². The van der Waals surface area contributed by atoms with Crippen molar-refractivity contribution in [2.75, 3.05) is 0 Å². The standard InChI is InChI=1S/C9H8ClF3/c1-6-2-4-7(9(11,12)13)8(10)5-3-6/h2-6H,1H3. The zero-order chi connectivity index (χ0) is 10.1. The molecule has 0 aromatic carbocycles. The first-order chi connectivity index (χ1) is 5.91. The van der Waals surface area contributed by atoms with E-state index >= 15 is 0 Å². The molecule has 1 aliphatic carbocycles. The van der Waals surface area contributed by atoms with Crippen LogP contribution in [0.2, 0.25) is 0 Å². The number of rotatable bonds is 0. The van der Waals surface area contributed by atoms with E-state index in [-0.39, 0.29) is 11.0 Å². The minimum atomic E-state index is -4.37. The Morgan fingerprint density at radius 2 is 1.77 bits per heavy atom. The summed E-state index contributed by atoms with van der Waals surface area (Å²) in [7, 11) is 0. The lowest BCUT2D eigenvalue weighted by molar-refractivity contribution is -0.0884. The van der Waals surface area contributed by atoms with Crippen molar-refractivity contribution in [1.29, 1.82) is 0 Å². The maximum atomic E-state index is 12.3. The van der Waals surface area contributed by atoms with Crippen molar-refractivity contribution in [2.45, 2.75) is 13.1 Å². The zero-order valence-corrected chi connectivity index (χ0v) is 7.65. The van der Waals surface area contributed by atoms with Crippen molar-refractivity contribution in [3.05, 3.63) is 34.9 Å². The molecular formula is C9H8ClF3. The number of halogens is 4. The van der Waals surface area contributed by atoms with Crippen molar-refractivity contribution in [1.82, 2.24) is 0 Å². The van der Waals surface area contributed by atoms with Crippen molar-refractivity contribution < 1.29 is 13.2 Å². The Bertz CT molecular complexity index is 284. The van der Waals surface area contributed by atoms with Gasteiger partial charge in [-0.3, -0.25) is 0 Å². The average molecular weight is 209 g/mol. The Hall–Kier alpha value is -0.700. The monoisotopic (exact) mass is 208 g/mol. The van der Waals surface area contributed by atoms with Gasteiger partial charge in [0, 0.05) is 0 Å². The molecule has 1 unspecified atom stereocenters. The Kier molecular flexibility index (Phi) is 2.86. The van der Waals surface area contributed by atoms with E-state index in [1.807, 2.05) is 0 Å². The van der Waals surface area contributed by atoms with Crippen LogP contribution in [0.3, 0.4) is 0 Å². The lowest BCUT2D eigenvalue weighted by atomic mass is 10.1. The van der Waals surface area contributed by atoms with Gasteiger partial charge in [-0.25, -0.2) is 0 Å². The third-order valence-corrected chi connectivity index (χ3v) is 2.00. The van der Waals surface area contributed by atoms with E-state index in [0.717, 1.165) is 6.08 Å². The topological polar surface area (TPSA) is 0 Å². The molecule has 1 atom stereocenters. The fourth-order valence-corrected chi connectivity index (χ4v) is 1.19. The van der Waals surface area contributed by atoms with E-state index in [1.165, 1.54) is 12.2 Å². The maximum Gasteiger partial charge on any atom is 0.417 e.